The lowest BCUT2D eigenvalue weighted by Crippen LogP contribution is -3.08. The summed E-state index contributed by atoms with van der Waals surface area (Å²) in [5.74, 6) is -0.234. The largest absolute Gasteiger partial charge is 0.335 e. The van der Waals surface area contributed by atoms with Crippen LogP contribution in [0.15, 0.2) is 17.5 Å². The molecule has 1 aliphatic rings. The highest BCUT2D eigenvalue weighted by Crippen LogP contribution is 2.18. The molecular formula is C12H18N3O2S+. The van der Waals surface area contributed by atoms with Crippen LogP contribution in [0.4, 0.5) is 4.79 Å². The second-order valence-corrected chi connectivity index (χ2v) is 5.72. The molecule has 5 nitrogen and oxygen atoms in total. The van der Waals surface area contributed by atoms with Crippen LogP contribution in [0.5, 0.6) is 0 Å². The minimum absolute atomic E-state index is 0.234. The third kappa shape index (κ3) is 4.46. The highest BCUT2D eigenvalue weighted by atomic mass is 32.1. The van der Waals surface area contributed by atoms with Crippen molar-refractivity contribution in [2.75, 3.05) is 13.6 Å². The summed E-state index contributed by atoms with van der Waals surface area (Å²) < 4.78 is 0. The van der Waals surface area contributed by atoms with E-state index in [1.807, 2.05) is 24.6 Å². The number of imide groups is 1. The second-order valence-electron chi connectivity index (χ2n) is 4.69. The first-order chi connectivity index (χ1) is 8.63. The molecule has 0 bridgehead atoms. The van der Waals surface area contributed by atoms with Gasteiger partial charge in [0.05, 0.1) is 11.9 Å². The molecule has 1 atom stereocenters. The van der Waals surface area contributed by atoms with Crippen molar-refractivity contribution in [2.45, 2.75) is 25.4 Å². The first-order valence-electron chi connectivity index (χ1n) is 6.07. The van der Waals surface area contributed by atoms with Crippen molar-refractivity contribution in [3.63, 3.8) is 0 Å². The Morgan fingerprint density at radius 3 is 2.89 bits per heavy atom. The first kappa shape index (κ1) is 13.0. The number of carbonyl (C=O) groups is 2. The molecule has 1 fully saturated rings. The van der Waals surface area contributed by atoms with Gasteiger partial charge in [0.15, 0.2) is 6.54 Å². The van der Waals surface area contributed by atoms with Gasteiger partial charge < -0.3 is 10.2 Å². The normalized spacial score (nSPS) is 16.1. The van der Waals surface area contributed by atoms with E-state index >= 15 is 0 Å². The van der Waals surface area contributed by atoms with Gasteiger partial charge in [-0.3, -0.25) is 10.1 Å². The highest BCUT2D eigenvalue weighted by molar-refractivity contribution is 7.09. The van der Waals surface area contributed by atoms with Gasteiger partial charge in [0.1, 0.15) is 6.54 Å². The van der Waals surface area contributed by atoms with Crippen molar-refractivity contribution in [1.29, 1.82) is 0 Å². The van der Waals surface area contributed by atoms with Gasteiger partial charge in [-0.05, 0) is 24.3 Å². The van der Waals surface area contributed by atoms with Crippen LogP contribution in [0.3, 0.4) is 0 Å². The number of amides is 3. The van der Waals surface area contributed by atoms with Gasteiger partial charge >= 0.3 is 6.03 Å². The maximum atomic E-state index is 11.6. The predicted octanol–water partition coefficient (Wildman–Crippen LogP) is -0.249. The highest BCUT2D eigenvalue weighted by Gasteiger charge is 2.24. The summed E-state index contributed by atoms with van der Waals surface area (Å²) in [6, 6.07) is 3.95. The molecule has 0 spiro atoms. The Labute approximate surface area is 110 Å². The molecule has 0 radical (unpaired) electrons. The van der Waals surface area contributed by atoms with E-state index in [0.29, 0.717) is 6.54 Å². The number of rotatable bonds is 5. The Morgan fingerprint density at radius 2 is 2.28 bits per heavy atom. The molecule has 1 unspecified atom stereocenters. The number of quaternary nitrogens is 1. The van der Waals surface area contributed by atoms with Crippen LogP contribution in [0.25, 0.3) is 0 Å². The Morgan fingerprint density at radius 1 is 1.50 bits per heavy atom. The SMILES string of the molecule is C[NH+](CC(=O)NC(=O)NC1CC1)Cc1cccs1. The molecule has 0 aliphatic heterocycles. The fourth-order valence-corrected chi connectivity index (χ4v) is 2.49. The van der Waals surface area contributed by atoms with Crippen LogP contribution in [-0.2, 0) is 11.3 Å². The zero-order valence-corrected chi connectivity index (χ0v) is 11.2. The lowest BCUT2D eigenvalue weighted by atomic mass is 10.4. The van der Waals surface area contributed by atoms with E-state index in [9.17, 15) is 9.59 Å². The molecular weight excluding hydrogens is 250 g/mol. The monoisotopic (exact) mass is 268 g/mol. The maximum absolute atomic E-state index is 11.6. The number of urea groups is 1. The summed E-state index contributed by atoms with van der Waals surface area (Å²) in [5.41, 5.74) is 0. The minimum atomic E-state index is -0.369. The van der Waals surface area contributed by atoms with Crippen molar-refractivity contribution in [1.82, 2.24) is 10.6 Å². The molecule has 18 heavy (non-hydrogen) atoms. The van der Waals surface area contributed by atoms with Crippen LogP contribution in [0, 0.1) is 0 Å². The van der Waals surface area contributed by atoms with Crippen molar-refractivity contribution in [2.24, 2.45) is 0 Å². The third-order valence-electron chi connectivity index (χ3n) is 2.68. The molecule has 1 saturated carbocycles. The number of likely N-dealkylation sites (N-methyl/N-ethyl adjacent to an activating group) is 1. The Hall–Kier alpha value is -1.40. The van der Waals surface area contributed by atoms with E-state index in [-0.39, 0.29) is 18.0 Å². The molecule has 1 aromatic heterocycles. The van der Waals surface area contributed by atoms with Gasteiger partial charge in [0.2, 0.25) is 0 Å². The van der Waals surface area contributed by atoms with Gasteiger partial charge in [-0.1, -0.05) is 6.07 Å². The van der Waals surface area contributed by atoms with Gasteiger partial charge in [-0.25, -0.2) is 4.79 Å². The average molecular weight is 268 g/mol. The lowest BCUT2D eigenvalue weighted by Gasteiger charge is -2.12. The molecule has 98 valence electrons. The van der Waals surface area contributed by atoms with Gasteiger partial charge in [-0.2, -0.15) is 0 Å². The van der Waals surface area contributed by atoms with E-state index < -0.39 is 0 Å². The molecule has 2 rings (SSSR count). The standard InChI is InChI=1S/C12H17N3O2S/c1-15(7-10-3-2-6-18-10)8-11(16)14-12(17)13-9-4-5-9/h2-3,6,9H,4-5,7-8H2,1H3,(H2,13,14,16,17)/p+1. The summed E-state index contributed by atoms with van der Waals surface area (Å²) in [6.07, 6.45) is 2.04. The summed E-state index contributed by atoms with van der Waals surface area (Å²) >= 11 is 1.68. The van der Waals surface area contributed by atoms with E-state index in [1.54, 1.807) is 11.3 Å². The summed E-state index contributed by atoms with van der Waals surface area (Å²) in [7, 11) is 1.94. The molecule has 0 aromatic carbocycles. The van der Waals surface area contributed by atoms with Crippen LogP contribution in [0.2, 0.25) is 0 Å². The van der Waals surface area contributed by atoms with Crippen LogP contribution < -0.4 is 15.5 Å². The van der Waals surface area contributed by atoms with Crippen LogP contribution in [-0.4, -0.2) is 31.6 Å². The summed E-state index contributed by atoms with van der Waals surface area (Å²) in [5, 5.41) is 7.10. The Bertz CT molecular complexity index is 415. The van der Waals surface area contributed by atoms with E-state index in [2.05, 4.69) is 10.6 Å². The van der Waals surface area contributed by atoms with Gasteiger partial charge in [0, 0.05) is 6.04 Å². The zero-order valence-electron chi connectivity index (χ0n) is 10.4. The summed E-state index contributed by atoms with van der Waals surface area (Å²) in [4.78, 5) is 25.3. The van der Waals surface area contributed by atoms with Gasteiger partial charge in [-0.15, -0.1) is 11.3 Å². The van der Waals surface area contributed by atoms with E-state index in [4.69, 9.17) is 0 Å². The summed E-state index contributed by atoms with van der Waals surface area (Å²) in [6.45, 7) is 1.10. The van der Waals surface area contributed by atoms with Crippen LogP contribution in [0.1, 0.15) is 17.7 Å². The zero-order chi connectivity index (χ0) is 13.0. The number of hydrogen-bond donors (Lipinski definition) is 3. The fraction of sp³-hybridized carbons (Fsp3) is 0.500. The quantitative estimate of drug-likeness (QED) is 0.690. The molecule has 0 saturated heterocycles. The fourth-order valence-electron chi connectivity index (χ4n) is 1.67. The molecule has 1 heterocycles. The van der Waals surface area contributed by atoms with Crippen molar-refractivity contribution >= 4 is 23.3 Å². The Kier molecular flexibility index (Phi) is 4.33. The maximum Gasteiger partial charge on any atom is 0.321 e. The second kappa shape index (κ2) is 5.97. The third-order valence-corrected chi connectivity index (χ3v) is 3.56. The van der Waals surface area contributed by atoms with E-state index in [1.165, 1.54) is 4.88 Å². The topological polar surface area (TPSA) is 62.6 Å². The number of thiophene rings is 1. The van der Waals surface area contributed by atoms with Crippen molar-refractivity contribution in [3.05, 3.63) is 22.4 Å². The minimum Gasteiger partial charge on any atom is -0.335 e. The molecule has 3 amide bonds. The van der Waals surface area contributed by atoms with Gasteiger partial charge in [0.25, 0.3) is 5.91 Å². The smallest absolute Gasteiger partial charge is 0.321 e. The molecule has 6 heteroatoms. The number of hydrogen-bond acceptors (Lipinski definition) is 3. The van der Waals surface area contributed by atoms with Crippen molar-refractivity contribution in [3.8, 4) is 0 Å². The Balaban J connectivity index is 1.67. The van der Waals surface area contributed by atoms with E-state index in [0.717, 1.165) is 24.3 Å². The molecule has 1 aliphatic carbocycles. The lowest BCUT2D eigenvalue weighted by molar-refractivity contribution is -0.885. The van der Waals surface area contributed by atoms with Crippen LogP contribution >= 0.6 is 11.3 Å². The average Bonchev–Trinajstić information content (AvgIpc) is 2.92. The predicted molar refractivity (Wildman–Crippen MR) is 69.5 cm³/mol. The number of carbonyl (C=O) groups excluding carboxylic acids is 2. The van der Waals surface area contributed by atoms with Crippen molar-refractivity contribution < 1.29 is 14.5 Å². The first-order valence-corrected chi connectivity index (χ1v) is 6.95. The molecule has 1 aromatic rings. The molecule has 3 N–H and O–H groups in total. The number of nitrogens with one attached hydrogen (secondary N) is 3.